The highest BCUT2D eigenvalue weighted by Gasteiger charge is 2.28. The maximum atomic E-state index is 12.7. The molecule has 2 amide bonds. The van der Waals surface area contributed by atoms with Gasteiger partial charge in [-0.05, 0) is 17.9 Å². The minimum Gasteiger partial charge on any atom is -0.480 e. The van der Waals surface area contributed by atoms with E-state index in [2.05, 4.69) is 20.6 Å². The lowest BCUT2D eigenvalue weighted by Crippen LogP contribution is -2.52. The number of ether oxygens (including phenoxy) is 1. The van der Waals surface area contributed by atoms with Crippen LogP contribution >= 0.6 is 0 Å². The van der Waals surface area contributed by atoms with Gasteiger partial charge >= 0.3 is 12.1 Å². The van der Waals surface area contributed by atoms with Crippen molar-refractivity contribution in [1.82, 2.24) is 20.6 Å². The van der Waals surface area contributed by atoms with Crippen LogP contribution in [0.2, 0.25) is 0 Å². The fourth-order valence-corrected chi connectivity index (χ4v) is 2.69. The van der Waals surface area contributed by atoms with E-state index in [1.165, 1.54) is 6.20 Å². The molecule has 0 aliphatic heterocycles. The number of carboxylic acid groups (broad SMARTS) is 1. The number of nitrogens with zero attached hydrogens (tertiary/aromatic N) is 1. The van der Waals surface area contributed by atoms with Gasteiger partial charge < -0.3 is 25.5 Å². The summed E-state index contributed by atoms with van der Waals surface area (Å²) in [6.45, 7) is 3.86. The number of aliphatic carboxylic acids is 1. The smallest absolute Gasteiger partial charge is 0.408 e. The summed E-state index contributed by atoms with van der Waals surface area (Å²) in [7, 11) is 0. The van der Waals surface area contributed by atoms with E-state index in [0.717, 1.165) is 5.56 Å². The van der Waals surface area contributed by atoms with Crippen LogP contribution in [0.25, 0.3) is 0 Å². The number of imidazole rings is 1. The highest BCUT2D eigenvalue weighted by molar-refractivity contribution is 5.89. The second-order valence-electron chi connectivity index (χ2n) is 7.03. The number of aromatic nitrogens is 2. The third kappa shape index (κ3) is 7.65. The van der Waals surface area contributed by atoms with Gasteiger partial charge in [-0.2, -0.15) is 0 Å². The minimum atomic E-state index is -1.19. The summed E-state index contributed by atoms with van der Waals surface area (Å²) in [5, 5.41) is 14.4. The van der Waals surface area contributed by atoms with Crippen LogP contribution in [0.15, 0.2) is 42.7 Å². The summed E-state index contributed by atoms with van der Waals surface area (Å²) in [5.41, 5.74) is 0.817. The predicted octanol–water partition coefficient (Wildman–Crippen LogP) is 1.86. The monoisotopic (exact) mass is 402 g/mol. The Bertz CT molecular complexity index is 792. The molecule has 0 saturated carbocycles. The lowest BCUT2D eigenvalue weighted by Gasteiger charge is -2.22. The van der Waals surface area contributed by atoms with Crippen molar-refractivity contribution in [3.63, 3.8) is 0 Å². The molecule has 2 rings (SSSR count). The zero-order chi connectivity index (χ0) is 21.2. The first-order valence-electron chi connectivity index (χ1n) is 9.33. The van der Waals surface area contributed by atoms with Crippen LogP contribution < -0.4 is 10.6 Å². The quantitative estimate of drug-likeness (QED) is 0.479. The van der Waals surface area contributed by atoms with Crippen molar-refractivity contribution >= 4 is 18.0 Å². The maximum Gasteiger partial charge on any atom is 0.408 e. The topological polar surface area (TPSA) is 133 Å². The number of hydrogen-bond donors (Lipinski definition) is 4. The zero-order valence-corrected chi connectivity index (χ0v) is 16.4. The first-order chi connectivity index (χ1) is 13.8. The van der Waals surface area contributed by atoms with Crippen molar-refractivity contribution in [2.24, 2.45) is 5.92 Å². The lowest BCUT2D eigenvalue weighted by molar-refractivity contribution is -0.142. The summed E-state index contributed by atoms with van der Waals surface area (Å²) in [6, 6.07) is 7.05. The van der Waals surface area contributed by atoms with Gasteiger partial charge in [0.05, 0.1) is 0 Å². The number of H-pyrrole nitrogens is 1. The standard InChI is InChI=1S/C20H26N4O5/c1-13(2)10-15(24-20(28)29-12-14-6-4-3-5-7-14)18(25)23-16(19(26)27)11-17-21-8-9-22-17/h3-9,13,15-16H,10-12H2,1-2H3,(H,21,22)(H,23,25)(H,24,28)(H,26,27)/t15-,16-/m0/s1. The number of amides is 2. The molecule has 156 valence electrons. The Morgan fingerprint density at radius 2 is 1.86 bits per heavy atom. The fourth-order valence-electron chi connectivity index (χ4n) is 2.69. The van der Waals surface area contributed by atoms with Crippen LogP contribution in [-0.2, 0) is 27.4 Å². The number of carbonyl (C=O) groups is 3. The van der Waals surface area contributed by atoms with Crippen LogP contribution in [0.5, 0.6) is 0 Å². The van der Waals surface area contributed by atoms with E-state index in [9.17, 15) is 19.5 Å². The Hall–Kier alpha value is -3.36. The Morgan fingerprint density at radius 1 is 1.14 bits per heavy atom. The Morgan fingerprint density at radius 3 is 2.45 bits per heavy atom. The minimum absolute atomic E-state index is 0.000918. The van der Waals surface area contributed by atoms with Crippen LogP contribution in [0, 0.1) is 5.92 Å². The molecule has 2 aromatic rings. The molecule has 29 heavy (non-hydrogen) atoms. The molecule has 2 atom stereocenters. The second-order valence-corrected chi connectivity index (χ2v) is 7.03. The van der Waals surface area contributed by atoms with E-state index in [4.69, 9.17) is 4.74 Å². The number of nitrogens with one attached hydrogen (secondary N) is 3. The number of carboxylic acids is 1. The van der Waals surface area contributed by atoms with Gasteiger partial charge in [0.25, 0.3) is 0 Å². The normalized spacial score (nSPS) is 12.8. The van der Waals surface area contributed by atoms with Gasteiger partial charge in [0.2, 0.25) is 5.91 Å². The molecule has 9 heteroatoms. The summed E-state index contributed by atoms with van der Waals surface area (Å²) < 4.78 is 5.17. The van der Waals surface area contributed by atoms with Gasteiger partial charge in [-0.3, -0.25) is 4.79 Å². The van der Waals surface area contributed by atoms with E-state index in [-0.39, 0.29) is 18.9 Å². The molecule has 4 N–H and O–H groups in total. The second kappa shape index (κ2) is 10.8. The van der Waals surface area contributed by atoms with Gasteiger partial charge in [0, 0.05) is 18.8 Å². The van der Waals surface area contributed by atoms with Gasteiger partial charge in [-0.25, -0.2) is 14.6 Å². The number of rotatable bonds is 10. The van der Waals surface area contributed by atoms with Crippen molar-refractivity contribution in [1.29, 1.82) is 0 Å². The molecule has 1 heterocycles. The molecule has 1 aromatic carbocycles. The van der Waals surface area contributed by atoms with Gasteiger partial charge in [-0.15, -0.1) is 0 Å². The van der Waals surface area contributed by atoms with E-state index in [0.29, 0.717) is 12.2 Å². The third-order valence-corrected chi connectivity index (χ3v) is 4.10. The van der Waals surface area contributed by atoms with Crippen molar-refractivity contribution < 1.29 is 24.2 Å². The van der Waals surface area contributed by atoms with E-state index < -0.39 is 30.1 Å². The van der Waals surface area contributed by atoms with Gasteiger partial charge in [-0.1, -0.05) is 44.2 Å². The SMILES string of the molecule is CC(C)C[C@H](NC(=O)OCc1ccccc1)C(=O)N[C@@H](Cc1ncc[nH]1)C(=O)O. The molecular weight excluding hydrogens is 376 g/mol. The van der Waals surface area contributed by atoms with Crippen molar-refractivity contribution in [2.45, 2.75) is 45.4 Å². The molecule has 0 aliphatic carbocycles. The maximum absolute atomic E-state index is 12.7. The summed E-state index contributed by atoms with van der Waals surface area (Å²) >= 11 is 0. The molecule has 9 nitrogen and oxygen atoms in total. The number of carbonyl (C=O) groups excluding carboxylic acids is 2. The van der Waals surface area contributed by atoms with E-state index in [1.54, 1.807) is 6.20 Å². The lowest BCUT2D eigenvalue weighted by atomic mass is 10.0. The van der Waals surface area contributed by atoms with Gasteiger partial charge in [0.1, 0.15) is 24.5 Å². The average Bonchev–Trinajstić information content (AvgIpc) is 3.19. The molecular formula is C20H26N4O5. The number of aromatic amines is 1. The summed E-state index contributed by atoms with van der Waals surface area (Å²) in [4.78, 5) is 43.1. The first-order valence-corrected chi connectivity index (χ1v) is 9.33. The Kier molecular flexibility index (Phi) is 8.20. The van der Waals surface area contributed by atoms with Gasteiger partial charge in [0.15, 0.2) is 0 Å². The van der Waals surface area contributed by atoms with E-state index >= 15 is 0 Å². The summed E-state index contributed by atoms with van der Waals surface area (Å²) in [6.07, 6.45) is 2.66. The zero-order valence-electron chi connectivity index (χ0n) is 16.4. The van der Waals surface area contributed by atoms with Crippen molar-refractivity contribution in [2.75, 3.05) is 0 Å². The molecule has 1 aromatic heterocycles. The van der Waals surface area contributed by atoms with Crippen LogP contribution in [0.1, 0.15) is 31.7 Å². The third-order valence-electron chi connectivity index (χ3n) is 4.10. The highest BCUT2D eigenvalue weighted by atomic mass is 16.5. The average molecular weight is 402 g/mol. The van der Waals surface area contributed by atoms with E-state index in [1.807, 2.05) is 44.2 Å². The first kappa shape index (κ1) is 21.9. The molecule has 0 unspecified atom stereocenters. The number of hydrogen-bond acceptors (Lipinski definition) is 5. The molecule has 0 saturated heterocycles. The van der Waals surface area contributed by atoms with Crippen LogP contribution in [-0.4, -0.2) is 45.1 Å². The molecule has 0 aliphatic rings. The van der Waals surface area contributed by atoms with Crippen LogP contribution in [0.3, 0.4) is 0 Å². The fraction of sp³-hybridized carbons (Fsp3) is 0.400. The largest absolute Gasteiger partial charge is 0.480 e. The Balaban J connectivity index is 1.96. The molecule has 0 radical (unpaired) electrons. The van der Waals surface area contributed by atoms with Crippen molar-refractivity contribution in [3.05, 3.63) is 54.1 Å². The number of benzene rings is 1. The van der Waals surface area contributed by atoms with Crippen molar-refractivity contribution in [3.8, 4) is 0 Å². The predicted molar refractivity (Wildman–Crippen MR) is 105 cm³/mol. The van der Waals surface area contributed by atoms with Crippen LogP contribution in [0.4, 0.5) is 4.79 Å². The summed E-state index contributed by atoms with van der Waals surface area (Å²) in [5.74, 6) is -1.25. The molecule has 0 spiro atoms. The molecule has 0 bridgehead atoms. The Labute approximate surface area is 168 Å². The number of alkyl carbamates (subject to hydrolysis) is 1. The molecule has 0 fully saturated rings. The highest BCUT2D eigenvalue weighted by Crippen LogP contribution is 2.08.